The van der Waals surface area contributed by atoms with Crippen molar-refractivity contribution in [1.82, 2.24) is 10.3 Å². The molecule has 10 heteroatoms. The molecule has 7 nitrogen and oxygen atoms in total. The first-order valence-electron chi connectivity index (χ1n) is 13.4. The van der Waals surface area contributed by atoms with Crippen LogP contribution < -0.4 is 25.4 Å². The summed E-state index contributed by atoms with van der Waals surface area (Å²) in [6.07, 6.45) is -0.590. The van der Waals surface area contributed by atoms with Gasteiger partial charge in [0.15, 0.2) is 22.8 Å². The average molecular weight is 709 g/mol. The Morgan fingerprint density at radius 1 is 1.00 bits per heavy atom. The highest BCUT2D eigenvalue weighted by atomic mass is 127. The summed E-state index contributed by atoms with van der Waals surface area (Å²) in [5, 5.41) is 12.2. The zero-order chi connectivity index (χ0) is 29.1. The minimum Gasteiger partial charge on any atom is -0.490 e. The zero-order valence-corrected chi connectivity index (χ0v) is 26.3. The van der Waals surface area contributed by atoms with Crippen LogP contribution in [0.4, 0.5) is 0 Å². The molecule has 6 rings (SSSR count). The maximum Gasteiger partial charge on any atom is 0.276 e. The number of hydrogen-bond donors (Lipinski definition) is 1. The lowest BCUT2D eigenvalue weighted by Gasteiger charge is -2.34. The van der Waals surface area contributed by atoms with Crippen molar-refractivity contribution in [2.24, 2.45) is 10.1 Å². The maximum absolute atomic E-state index is 13.6. The van der Waals surface area contributed by atoms with E-state index in [4.69, 9.17) is 31.2 Å². The Morgan fingerprint density at radius 2 is 1.76 bits per heavy atom. The average Bonchev–Trinajstić information content (AvgIpc) is 3.00. The molecular weight excluding hydrogens is 683 g/mol. The molecule has 4 aromatic carbocycles. The fourth-order valence-electron chi connectivity index (χ4n) is 4.74. The Labute approximate surface area is 266 Å². The van der Waals surface area contributed by atoms with Crippen LogP contribution in [0.25, 0.3) is 5.70 Å². The quantitative estimate of drug-likeness (QED) is 0.228. The summed E-state index contributed by atoms with van der Waals surface area (Å²) in [7, 11) is 0. The predicted octanol–water partition coefficient (Wildman–Crippen LogP) is 6.00. The summed E-state index contributed by atoms with van der Waals surface area (Å²) in [5.41, 5.74) is 3.30. The van der Waals surface area contributed by atoms with E-state index < -0.39 is 6.17 Å². The lowest BCUT2D eigenvalue weighted by atomic mass is 10.1. The number of para-hydroxylation sites is 1. The molecule has 42 heavy (non-hydrogen) atoms. The van der Waals surface area contributed by atoms with Crippen LogP contribution in [0.2, 0.25) is 5.02 Å². The fraction of sp³-hybridized carbons (Fsp3) is 0.156. The minimum absolute atomic E-state index is 0.235. The van der Waals surface area contributed by atoms with Crippen LogP contribution in [0.15, 0.2) is 101 Å². The number of nitrogens with one attached hydrogen (secondary N) is 1. The molecule has 1 unspecified atom stereocenters. The van der Waals surface area contributed by atoms with Gasteiger partial charge in [0.1, 0.15) is 12.3 Å². The van der Waals surface area contributed by atoms with Gasteiger partial charge in [-0.2, -0.15) is 0 Å². The molecule has 0 aromatic heterocycles. The summed E-state index contributed by atoms with van der Waals surface area (Å²) in [5.74, 6) is 1.60. The van der Waals surface area contributed by atoms with E-state index in [1.54, 1.807) is 5.01 Å². The number of ether oxygens (including phenoxy) is 2. The third-order valence-electron chi connectivity index (χ3n) is 6.69. The van der Waals surface area contributed by atoms with Crippen LogP contribution in [0.5, 0.6) is 11.5 Å². The highest BCUT2D eigenvalue weighted by Crippen LogP contribution is 2.40. The molecule has 0 saturated heterocycles. The maximum atomic E-state index is 13.6. The molecule has 1 atom stereocenters. The molecule has 2 aliphatic rings. The van der Waals surface area contributed by atoms with Gasteiger partial charge >= 0.3 is 0 Å². The Bertz CT molecular complexity index is 1800. The van der Waals surface area contributed by atoms with Gasteiger partial charge in [0, 0.05) is 21.6 Å². The molecule has 2 aliphatic heterocycles. The van der Waals surface area contributed by atoms with Crippen LogP contribution >= 0.6 is 46.0 Å². The van der Waals surface area contributed by atoms with Crippen molar-refractivity contribution in [3.63, 3.8) is 0 Å². The summed E-state index contributed by atoms with van der Waals surface area (Å²) >= 11 is 10.1. The molecular formula is C32H26ClIN4O3S. The summed E-state index contributed by atoms with van der Waals surface area (Å²) in [6.45, 7) is 2.82. The minimum atomic E-state index is -0.590. The van der Waals surface area contributed by atoms with Crippen molar-refractivity contribution in [3.8, 4) is 11.5 Å². The van der Waals surface area contributed by atoms with Crippen LogP contribution in [0.1, 0.15) is 29.8 Å². The van der Waals surface area contributed by atoms with E-state index in [9.17, 15) is 4.79 Å². The van der Waals surface area contributed by atoms with E-state index in [-0.39, 0.29) is 5.91 Å². The molecule has 4 aromatic rings. The normalized spacial score (nSPS) is 15.6. The van der Waals surface area contributed by atoms with Crippen LogP contribution in [0, 0.1) is 3.57 Å². The van der Waals surface area contributed by atoms with Crippen molar-refractivity contribution < 1.29 is 14.3 Å². The van der Waals surface area contributed by atoms with Crippen LogP contribution in [-0.2, 0) is 17.2 Å². The topological polar surface area (TPSA) is 75.5 Å². The summed E-state index contributed by atoms with van der Waals surface area (Å²) < 4.78 is 13.2. The molecule has 0 aliphatic carbocycles. The predicted molar refractivity (Wildman–Crippen MR) is 175 cm³/mol. The van der Waals surface area contributed by atoms with Crippen LogP contribution in [-0.4, -0.2) is 22.7 Å². The smallest absolute Gasteiger partial charge is 0.276 e. The largest absolute Gasteiger partial charge is 0.490 e. The van der Waals surface area contributed by atoms with Crippen LogP contribution in [0.3, 0.4) is 0 Å². The van der Waals surface area contributed by atoms with E-state index in [0.717, 1.165) is 30.8 Å². The van der Waals surface area contributed by atoms with E-state index in [1.165, 1.54) is 11.8 Å². The van der Waals surface area contributed by atoms with Gasteiger partial charge in [-0.15, -0.1) is 5.10 Å². The van der Waals surface area contributed by atoms with Crippen molar-refractivity contribution in [2.45, 2.75) is 25.4 Å². The lowest BCUT2D eigenvalue weighted by molar-refractivity contribution is -0.116. The molecule has 1 N–H and O–H groups in total. The van der Waals surface area contributed by atoms with E-state index in [0.29, 0.717) is 46.4 Å². The van der Waals surface area contributed by atoms with Gasteiger partial charge in [-0.1, -0.05) is 90.1 Å². The highest BCUT2D eigenvalue weighted by molar-refractivity contribution is 14.1. The standard InChI is InChI=1S/C32H26ClIN4O3S/c1-2-40-27-17-22(16-25(34)29(27)41-18-20-10-4-3-5-11-20)30-35-26-15-9-7-13-23(26)28-31(39)36-32(37-38(28)30)42-19-21-12-6-8-14-24(21)33/h3-17,30H,2,18-19H2,1H3,(H,36,37,39). The zero-order valence-electron chi connectivity index (χ0n) is 22.6. The number of amides is 1. The number of carbonyl (C=O) groups excluding carboxylic acids is 1. The summed E-state index contributed by atoms with van der Waals surface area (Å²) in [6, 6.07) is 29.2. The van der Waals surface area contributed by atoms with E-state index in [2.05, 4.69) is 27.9 Å². The number of hydrazone groups is 1. The molecule has 0 spiro atoms. The Hall–Kier alpha value is -3.54. The van der Waals surface area contributed by atoms with Crippen molar-refractivity contribution >= 4 is 62.7 Å². The molecule has 0 radical (unpaired) electrons. The molecule has 2 heterocycles. The van der Waals surface area contributed by atoms with Gasteiger partial charge in [-0.3, -0.25) is 15.1 Å². The number of rotatable bonds is 8. The number of benzene rings is 4. The second-order valence-corrected chi connectivity index (χ2v) is 12.0. The fourth-order valence-corrected chi connectivity index (χ4v) is 6.66. The number of nitrogens with zero attached hydrogens (tertiary/aromatic N) is 3. The van der Waals surface area contributed by atoms with Gasteiger partial charge < -0.3 is 9.47 Å². The molecule has 0 fully saturated rings. The van der Waals surface area contributed by atoms with Gasteiger partial charge in [0.2, 0.25) is 0 Å². The first-order valence-corrected chi connectivity index (χ1v) is 15.8. The molecule has 212 valence electrons. The van der Waals surface area contributed by atoms with Crippen molar-refractivity contribution in [2.75, 3.05) is 6.61 Å². The number of halogens is 2. The first kappa shape index (κ1) is 28.6. The number of carbonyl (C=O) groups is 1. The SMILES string of the molecule is CCOc1cc(C2N=c3ccccc3=C3C(=O)NC(SCc4ccccc4Cl)=NN32)cc(I)c1OCc1ccccc1. The van der Waals surface area contributed by atoms with Gasteiger partial charge in [0.25, 0.3) is 5.91 Å². The van der Waals surface area contributed by atoms with E-state index >= 15 is 0 Å². The second kappa shape index (κ2) is 12.8. The van der Waals surface area contributed by atoms with Gasteiger partial charge in [-0.05, 0) is 64.9 Å². The molecule has 0 bridgehead atoms. The van der Waals surface area contributed by atoms with Crippen molar-refractivity contribution in [3.05, 3.63) is 127 Å². The third kappa shape index (κ3) is 5.99. The second-order valence-electron chi connectivity index (χ2n) is 9.49. The first-order chi connectivity index (χ1) is 20.5. The van der Waals surface area contributed by atoms with Crippen molar-refractivity contribution in [1.29, 1.82) is 0 Å². The number of thioether (sulfide) groups is 1. The molecule has 0 saturated carbocycles. The van der Waals surface area contributed by atoms with Gasteiger partial charge in [0.05, 0.1) is 15.5 Å². The Morgan fingerprint density at radius 3 is 2.57 bits per heavy atom. The Balaban J connectivity index is 1.38. The third-order valence-corrected chi connectivity index (χ3v) is 8.78. The van der Waals surface area contributed by atoms with Gasteiger partial charge in [-0.25, -0.2) is 5.01 Å². The number of hydrogen-bond acceptors (Lipinski definition) is 7. The Kier molecular flexibility index (Phi) is 8.68. The summed E-state index contributed by atoms with van der Waals surface area (Å²) in [4.78, 5) is 18.6. The lowest BCUT2D eigenvalue weighted by Crippen LogP contribution is -2.50. The van der Waals surface area contributed by atoms with E-state index in [1.807, 2.05) is 97.9 Å². The number of fused-ring (bicyclic) bond motifs is 2. The number of amidine groups is 1. The monoisotopic (exact) mass is 708 g/mol. The molecule has 1 amide bonds. The highest BCUT2D eigenvalue weighted by Gasteiger charge is 2.35.